The van der Waals surface area contributed by atoms with Crippen LogP contribution < -0.4 is 0 Å². The number of carbonyl (C=O) groups excluding carboxylic acids is 1. The number of halogens is 3. The lowest BCUT2D eigenvalue weighted by atomic mass is 10.1. The molecule has 0 radical (unpaired) electrons. The van der Waals surface area contributed by atoms with Crippen LogP contribution in [0.25, 0.3) is 0 Å². The van der Waals surface area contributed by atoms with Crippen LogP contribution in [-0.4, -0.2) is 17.8 Å². The standard InChI is InChI=1S/C18H25ClF2O2S/c1-2-3-4-5-6-7-8-9-14-23-17(22)18(20,21)24-16-12-10-15(19)11-13-16/h10-13H,2-9,14H2,1H3. The number of hydrogen-bond acceptors (Lipinski definition) is 3. The Bertz CT molecular complexity index is 480. The van der Waals surface area contributed by atoms with Gasteiger partial charge in [-0.2, -0.15) is 8.78 Å². The topological polar surface area (TPSA) is 26.3 Å². The zero-order valence-electron chi connectivity index (χ0n) is 14.0. The first-order valence-corrected chi connectivity index (χ1v) is 9.65. The van der Waals surface area contributed by atoms with Crippen LogP contribution in [0.2, 0.25) is 5.02 Å². The molecule has 1 aromatic rings. The second-order valence-electron chi connectivity index (χ2n) is 5.68. The highest BCUT2D eigenvalue weighted by atomic mass is 35.5. The van der Waals surface area contributed by atoms with Crippen molar-refractivity contribution in [1.29, 1.82) is 0 Å². The minimum Gasteiger partial charge on any atom is -0.461 e. The molecule has 136 valence electrons. The van der Waals surface area contributed by atoms with Crippen LogP contribution in [-0.2, 0) is 9.53 Å². The molecule has 0 atom stereocenters. The van der Waals surface area contributed by atoms with E-state index in [1.165, 1.54) is 49.9 Å². The van der Waals surface area contributed by atoms with Crippen molar-refractivity contribution in [3.8, 4) is 0 Å². The second kappa shape index (κ2) is 11.7. The molecule has 0 aliphatic rings. The minimum atomic E-state index is -3.59. The normalized spacial score (nSPS) is 11.5. The van der Waals surface area contributed by atoms with Gasteiger partial charge in [-0.25, -0.2) is 4.79 Å². The Morgan fingerprint density at radius 3 is 2.17 bits per heavy atom. The summed E-state index contributed by atoms with van der Waals surface area (Å²) >= 11 is 5.88. The highest BCUT2D eigenvalue weighted by Gasteiger charge is 2.42. The summed E-state index contributed by atoms with van der Waals surface area (Å²) in [6, 6.07) is 5.91. The van der Waals surface area contributed by atoms with Gasteiger partial charge in [0.15, 0.2) is 0 Å². The Labute approximate surface area is 152 Å². The molecule has 0 bridgehead atoms. The Hall–Kier alpha value is -0.810. The van der Waals surface area contributed by atoms with Gasteiger partial charge in [-0.1, -0.05) is 63.5 Å². The molecule has 0 saturated heterocycles. The third kappa shape index (κ3) is 8.88. The number of ether oxygens (including phenoxy) is 1. The van der Waals surface area contributed by atoms with Gasteiger partial charge < -0.3 is 4.74 Å². The molecule has 0 aliphatic heterocycles. The lowest BCUT2D eigenvalue weighted by molar-refractivity contribution is -0.160. The predicted octanol–water partition coefficient (Wildman–Crippen LogP) is 6.71. The Balaban J connectivity index is 2.18. The molecule has 0 heterocycles. The van der Waals surface area contributed by atoms with Gasteiger partial charge in [-0.05, 0) is 42.4 Å². The van der Waals surface area contributed by atoms with Gasteiger partial charge in [0, 0.05) is 9.92 Å². The summed E-state index contributed by atoms with van der Waals surface area (Å²) in [6.45, 7) is 2.22. The Morgan fingerprint density at radius 2 is 1.58 bits per heavy atom. The van der Waals surface area contributed by atoms with E-state index in [0.29, 0.717) is 11.4 Å². The molecule has 1 aromatic carbocycles. The third-order valence-corrected chi connectivity index (χ3v) is 4.71. The van der Waals surface area contributed by atoms with Gasteiger partial charge in [0.1, 0.15) is 0 Å². The highest BCUT2D eigenvalue weighted by molar-refractivity contribution is 8.01. The van der Waals surface area contributed by atoms with E-state index >= 15 is 0 Å². The highest BCUT2D eigenvalue weighted by Crippen LogP contribution is 2.37. The van der Waals surface area contributed by atoms with Gasteiger partial charge in [0.25, 0.3) is 0 Å². The third-order valence-electron chi connectivity index (χ3n) is 3.53. The number of benzene rings is 1. The zero-order chi connectivity index (χ0) is 17.8. The maximum absolute atomic E-state index is 13.8. The summed E-state index contributed by atoms with van der Waals surface area (Å²) in [5, 5.41) is -3.13. The van der Waals surface area contributed by atoms with E-state index in [-0.39, 0.29) is 23.3 Å². The van der Waals surface area contributed by atoms with Crippen molar-refractivity contribution in [1.82, 2.24) is 0 Å². The zero-order valence-corrected chi connectivity index (χ0v) is 15.6. The number of esters is 1. The van der Waals surface area contributed by atoms with Crippen LogP contribution in [0.15, 0.2) is 29.2 Å². The molecule has 0 N–H and O–H groups in total. The molecule has 0 aliphatic carbocycles. The van der Waals surface area contributed by atoms with Gasteiger partial charge in [-0.15, -0.1) is 0 Å². The van der Waals surface area contributed by atoms with Crippen molar-refractivity contribution >= 4 is 29.3 Å². The number of unbranched alkanes of at least 4 members (excludes halogenated alkanes) is 7. The largest absolute Gasteiger partial charge is 0.461 e. The summed E-state index contributed by atoms with van der Waals surface area (Å²) < 4.78 is 32.3. The first-order valence-electron chi connectivity index (χ1n) is 8.45. The molecule has 1 rings (SSSR count). The first kappa shape index (κ1) is 21.2. The fourth-order valence-corrected chi connectivity index (χ4v) is 3.01. The quantitative estimate of drug-likeness (QED) is 0.230. The predicted molar refractivity (Wildman–Crippen MR) is 95.8 cm³/mol. The van der Waals surface area contributed by atoms with Gasteiger partial charge in [-0.3, -0.25) is 0 Å². The second-order valence-corrected chi connectivity index (χ2v) is 7.31. The van der Waals surface area contributed by atoms with Crippen molar-refractivity contribution in [2.75, 3.05) is 6.61 Å². The van der Waals surface area contributed by atoms with Crippen molar-refractivity contribution in [2.45, 2.75) is 68.4 Å². The minimum absolute atomic E-state index is 0.0462. The number of thioether (sulfide) groups is 1. The van der Waals surface area contributed by atoms with Crippen molar-refractivity contribution < 1.29 is 18.3 Å². The van der Waals surface area contributed by atoms with E-state index < -0.39 is 11.2 Å². The molecule has 2 nitrogen and oxygen atoms in total. The smallest absolute Gasteiger partial charge is 0.393 e. The van der Waals surface area contributed by atoms with Crippen LogP contribution >= 0.6 is 23.4 Å². The fraction of sp³-hybridized carbons (Fsp3) is 0.611. The Kier molecular flexibility index (Phi) is 10.3. The molecule has 0 fully saturated rings. The lowest BCUT2D eigenvalue weighted by Crippen LogP contribution is -2.27. The molecule has 0 amide bonds. The van der Waals surface area contributed by atoms with Crippen LogP contribution in [0.1, 0.15) is 58.3 Å². The average Bonchev–Trinajstić information content (AvgIpc) is 2.55. The maximum atomic E-state index is 13.8. The summed E-state index contributed by atoms with van der Waals surface area (Å²) in [6.07, 6.45) is 8.67. The average molecular weight is 379 g/mol. The molecule has 0 aromatic heterocycles. The number of alkyl halides is 2. The van der Waals surface area contributed by atoms with E-state index in [2.05, 4.69) is 6.92 Å². The van der Waals surface area contributed by atoms with E-state index in [0.717, 1.165) is 19.3 Å². The molecular weight excluding hydrogens is 354 g/mol. The lowest BCUT2D eigenvalue weighted by Gasteiger charge is -2.14. The summed E-state index contributed by atoms with van der Waals surface area (Å²) in [5.74, 6) is -1.48. The van der Waals surface area contributed by atoms with E-state index in [1.807, 2.05) is 0 Å². The van der Waals surface area contributed by atoms with Crippen molar-refractivity contribution in [3.05, 3.63) is 29.3 Å². The van der Waals surface area contributed by atoms with Crippen LogP contribution in [0, 0.1) is 0 Å². The van der Waals surface area contributed by atoms with Gasteiger partial charge in [0.2, 0.25) is 0 Å². The van der Waals surface area contributed by atoms with E-state index in [4.69, 9.17) is 16.3 Å². The summed E-state index contributed by atoms with van der Waals surface area (Å²) in [5.41, 5.74) is 0. The van der Waals surface area contributed by atoms with Gasteiger partial charge in [0.05, 0.1) is 6.61 Å². The van der Waals surface area contributed by atoms with Crippen LogP contribution in [0.3, 0.4) is 0 Å². The Morgan fingerprint density at radius 1 is 1.04 bits per heavy atom. The number of hydrogen-bond donors (Lipinski definition) is 0. The van der Waals surface area contributed by atoms with E-state index in [1.54, 1.807) is 0 Å². The molecule has 24 heavy (non-hydrogen) atoms. The molecule has 0 spiro atoms. The summed E-state index contributed by atoms with van der Waals surface area (Å²) in [7, 11) is 0. The fourth-order valence-electron chi connectivity index (χ4n) is 2.18. The van der Waals surface area contributed by atoms with Crippen LogP contribution in [0.5, 0.6) is 0 Å². The van der Waals surface area contributed by atoms with E-state index in [9.17, 15) is 13.6 Å². The van der Waals surface area contributed by atoms with Crippen molar-refractivity contribution in [3.63, 3.8) is 0 Å². The summed E-state index contributed by atoms with van der Waals surface area (Å²) in [4.78, 5) is 11.8. The molecule has 6 heteroatoms. The molecule has 0 saturated carbocycles. The monoisotopic (exact) mass is 378 g/mol. The maximum Gasteiger partial charge on any atom is 0.393 e. The molecule has 0 unspecified atom stereocenters. The molecular formula is C18H25ClF2O2S. The number of carbonyl (C=O) groups is 1. The van der Waals surface area contributed by atoms with Crippen LogP contribution in [0.4, 0.5) is 8.78 Å². The van der Waals surface area contributed by atoms with Gasteiger partial charge >= 0.3 is 11.2 Å². The SMILES string of the molecule is CCCCCCCCCCOC(=O)C(F)(F)Sc1ccc(Cl)cc1. The van der Waals surface area contributed by atoms with Crippen molar-refractivity contribution in [2.24, 2.45) is 0 Å². The first-order chi connectivity index (χ1) is 11.5. The number of rotatable bonds is 12.